The van der Waals surface area contributed by atoms with Crippen LogP contribution in [0.4, 0.5) is 5.69 Å². The Kier molecular flexibility index (Phi) is 6.89. The van der Waals surface area contributed by atoms with Gasteiger partial charge in [0.25, 0.3) is 5.22 Å². The molecule has 31 heavy (non-hydrogen) atoms. The van der Waals surface area contributed by atoms with Crippen molar-refractivity contribution < 1.29 is 14.0 Å². The molecule has 3 aromatic rings. The monoisotopic (exact) mass is 438 g/mol. The highest BCUT2D eigenvalue weighted by molar-refractivity contribution is 7.99. The third-order valence-corrected chi connectivity index (χ3v) is 6.37. The fraction of sp³-hybridized carbons (Fsp3) is 0.348. The lowest BCUT2D eigenvalue weighted by molar-refractivity contribution is -0.123. The number of hydrogen-bond donors (Lipinski definition) is 2. The van der Waals surface area contributed by atoms with Gasteiger partial charge in [-0.25, -0.2) is 4.98 Å². The van der Waals surface area contributed by atoms with Gasteiger partial charge in [-0.2, -0.15) is 0 Å². The number of benzene rings is 2. The number of aromatic nitrogens is 1. The number of carbonyl (C=O) groups excluding carboxylic acids is 2. The highest BCUT2D eigenvalue weighted by Gasteiger charge is 2.22. The van der Waals surface area contributed by atoms with Gasteiger partial charge in [-0.1, -0.05) is 36.0 Å². The van der Waals surface area contributed by atoms with Gasteiger partial charge in [-0.05, 0) is 62.2 Å². The normalized spacial score (nSPS) is 15.2. The number of primary amides is 1. The molecule has 0 aliphatic carbocycles. The number of carbonyl (C=O) groups is 2. The highest BCUT2D eigenvalue weighted by Crippen LogP contribution is 2.23. The summed E-state index contributed by atoms with van der Waals surface area (Å²) >= 11 is 1.28. The second kappa shape index (κ2) is 9.98. The maximum absolute atomic E-state index is 12.3. The van der Waals surface area contributed by atoms with E-state index in [4.69, 9.17) is 10.2 Å². The standard InChI is InChI=1S/C23H26N4O3S/c24-22(29)17-10-13-27(14-11-17)12-9-16-5-7-18(8-6-16)25-21(28)15-31-23-26-19-3-1-2-4-20(19)30-23/h1-8,17H,9-15H2,(H2,24,29)(H,25,28). The van der Waals surface area contributed by atoms with Crippen molar-refractivity contribution in [2.75, 3.05) is 30.7 Å². The smallest absolute Gasteiger partial charge is 0.257 e. The van der Waals surface area contributed by atoms with Crippen LogP contribution in [0, 0.1) is 5.92 Å². The minimum atomic E-state index is -0.176. The van der Waals surface area contributed by atoms with E-state index in [1.54, 1.807) is 0 Å². The third kappa shape index (κ3) is 5.86. The van der Waals surface area contributed by atoms with Crippen molar-refractivity contribution in [3.05, 3.63) is 54.1 Å². The fourth-order valence-corrected chi connectivity index (χ4v) is 4.36. The van der Waals surface area contributed by atoms with Crippen LogP contribution in [-0.2, 0) is 16.0 Å². The van der Waals surface area contributed by atoms with Crippen LogP contribution < -0.4 is 11.1 Å². The van der Waals surface area contributed by atoms with Crippen LogP contribution in [0.25, 0.3) is 11.1 Å². The van der Waals surface area contributed by atoms with Crippen molar-refractivity contribution in [1.82, 2.24) is 9.88 Å². The van der Waals surface area contributed by atoms with Crippen molar-refractivity contribution in [1.29, 1.82) is 0 Å². The molecule has 0 bridgehead atoms. The third-order valence-electron chi connectivity index (χ3n) is 5.55. The number of para-hydroxylation sites is 2. The first-order chi connectivity index (χ1) is 15.1. The maximum atomic E-state index is 12.3. The molecule has 0 unspecified atom stereocenters. The molecule has 2 heterocycles. The van der Waals surface area contributed by atoms with E-state index in [9.17, 15) is 9.59 Å². The molecular formula is C23H26N4O3S. The highest BCUT2D eigenvalue weighted by atomic mass is 32.2. The number of thioether (sulfide) groups is 1. The zero-order valence-electron chi connectivity index (χ0n) is 17.3. The number of hydrogen-bond acceptors (Lipinski definition) is 6. The summed E-state index contributed by atoms with van der Waals surface area (Å²) < 4.78 is 5.62. The van der Waals surface area contributed by atoms with E-state index >= 15 is 0 Å². The molecule has 2 aromatic carbocycles. The van der Waals surface area contributed by atoms with Crippen molar-refractivity contribution >= 4 is 40.4 Å². The first-order valence-corrected chi connectivity index (χ1v) is 11.4. The Balaban J connectivity index is 1.20. The molecule has 1 fully saturated rings. The lowest BCUT2D eigenvalue weighted by atomic mass is 9.96. The van der Waals surface area contributed by atoms with Crippen molar-refractivity contribution in [3.63, 3.8) is 0 Å². The maximum Gasteiger partial charge on any atom is 0.257 e. The SMILES string of the molecule is NC(=O)C1CCN(CCc2ccc(NC(=O)CSc3nc4ccccc4o3)cc2)CC1. The number of amides is 2. The zero-order valence-corrected chi connectivity index (χ0v) is 18.1. The molecule has 8 heteroatoms. The molecule has 2 amide bonds. The quantitative estimate of drug-likeness (QED) is 0.523. The van der Waals surface area contributed by atoms with E-state index in [0.29, 0.717) is 5.22 Å². The number of anilines is 1. The molecule has 1 saturated heterocycles. The van der Waals surface area contributed by atoms with Gasteiger partial charge in [-0.3, -0.25) is 9.59 Å². The van der Waals surface area contributed by atoms with Gasteiger partial charge in [0.2, 0.25) is 11.8 Å². The summed E-state index contributed by atoms with van der Waals surface area (Å²) in [7, 11) is 0. The van der Waals surface area contributed by atoms with Crippen LogP contribution in [0.15, 0.2) is 58.2 Å². The molecule has 0 saturated carbocycles. The van der Waals surface area contributed by atoms with Gasteiger partial charge in [0.15, 0.2) is 5.58 Å². The molecule has 0 radical (unpaired) electrons. The summed E-state index contributed by atoms with van der Waals surface area (Å²) in [5.74, 6) is -0.0164. The molecule has 1 aromatic heterocycles. The number of nitrogens with two attached hydrogens (primary N) is 1. The van der Waals surface area contributed by atoms with E-state index in [2.05, 4.69) is 15.2 Å². The molecule has 1 aliphatic heterocycles. The van der Waals surface area contributed by atoms with Gasteiger partial charge in [0.05, 0.1) is 5.75 Å². The first-order valence-electron chi connectivity index (χ1n) is 10.5. The summed E-state index contributed by atoms with van der Waals surface area (Å²) in [5.41, 5.74) is 8.90. The van der Waals surface area contributed by atoms with E-state index in [0.717, 1.165) is 55.7 Å². The van der Waals surface area contributed by atoms with Gasteiger partial charge in [-0.15, -0.1) is 0 Å². The van der Waals surface area contributed by atoms with Crippen LogP contribution in [0.1, 0.15) is 18.4 Å². The predicted molar refractivity (Wildman–Crippen MR) is 122 cm³/mol. The van der Waals surface area contributed by atoms with Crippen molar-refractivity contribution in [2.24, 2.45) is 11.7 Å². The Morgan fingerprint density at radius 2 is 1.87 bits per heavy atom. The van der Waals surface area contributed by atoms with Gasteiger partial charge in [0, 0.05) is 18.2 Å². The number of nitrogens with zero attached hydrogens (tertiary/aromatic N) is 2. The van der Waals surface area contributed by atoms with Crippen LogP contribution in [-0.4, -0.2) is 47.1 Å². The average molecular weight is 439 g/mol. The molecule has 7 nitrogen and oxygen atoms in total. The molecule has 4 rings (SSSR count). The lowest BCUT2D eigenvalue weighted by Gasteiger charge is -2.30. The summed E-state index contributed by atoms with van der Waals surface area (Å²) in [4.78, 5) is 30.3. The Labute approximate surface area is 185 Å². The fourth-order valence-electron chi connectivity index (χ4n) is 3.72. The number of fused-ring (bicyclic) bond motifs is 1. The van der Waals surface area contributed by atoms with Crippen LogP contribution >= 0.6 is 11.8 Å². The molecular weight excluding hydrogens is 412 g/mol. The van der Waals surface area contributed by atoms with Gasteiger partial charge in [0.1, 0.15) is 5.52 Å². The first kappa shape index (κ1) is 21.4. The van der Waals surface area contributed by atoms with Crippen LogP contribution in [0.2, 0.25) is 0 Å². The van der Waals surface area contributed by atoms with Crippen molar-refractivity contribution in [3.8, 4) is 0 Å². The number of piperidine rings is 1. The molecule has 3 N–H and O–H groups in total. The zero-order chi connectivity index (χ0) is 21.6. The number of nitrogens with one attached hydrogen (secondary N) is 1. The number of likely N-dealkylation sites (tertiary alicyclic amines) is 1. The van der Waals surface area contributed by atoms with E-state index in [-0.39, 0.29) is 23.5 Å². The molecule has 162 valence electrons. The Morgan fingerprint density at radius 3 is 2.58 bits per heavy atom. The van der Waals surface area contributed by atoms with Gasteiger partial charge < -0.3 is 20.4 Å². The molecule has 0 spiro atoms. The largest absolute Gasteiger partial charge is 0.431 e. The summed E-state index contributed by atoms with van der Waals surface area (Å²) in [6.07, 6.45) is 2.63. The summed E-state index contributed by atoms with van der Waals surface area (Å²) in [6.45, 7) is 2.79. The molecule has 1 aliphatic rings. The molecule has 0 atom stereocenters. The average Bonchev–Trinajstić information content (AvgIpc) is 3.21. The Bertz CT molecular complexity index is 1010. The lowest BCUT2D eigenvalue weighted by Crippen LogP contribution is -2.39. The topological polar surface area (TPSA) is 101 Å². The summed E-state index contributed by atoms with van der Waals surface area (Å²) in [6, 6.07) is 15.5. The van der Waals surface area contributed by atoms with Gasteiger partial charge >= 0.3 is 0 Å². The second-order valence-corrected chi connectivity index (χ2v) is 8.68. The van der Waals surface area contributed by atoms with Crippen LogP contribution in [0.3, 0.4) is 0 Å². The number of oxazole rings is 1. The predicted octanol–water partition coefficient (Wildman–Crippen LogP) is 3.30. The van der Waals surface area contributed by atoms with Crippen LogP contribution in [0.5, 0.6) is 0 Å². The minimum Gasteiger partial charge on any atom is -0.431 e. The van der Waals surface area contributed by atoms with Crippen molar-refractivity contribution in [2.45, 2.75) is 24.5 Å². The minimum absolute atomic E-state index is 0.0277. The van der Waals surface area contributed by atoms with E-state index < -0.39 is 0 Å². The number of rotatable bonds is 8. The summed E-state index contributed by atoms with van der Waals surface area (Å²) in [5, 5.41) is 3.40. The van der Waals surface area contributed by atoms with E-state index in [1.807, 2.05) is 48.5 Å². The Morgan fingerprint density at radius 1 is 1.13 bits per heavy atom. The Hall–Kier alpha value is -2.84. The second-order valence-electron chi connectivity index (χ2n) is 7.75. The van der Waals surface area contributed by atoms with E-state index in [1.165, 1.54) is 17.3 Å².